The Morgan fingerprint density at radius 2 is 1.92 bits per heavy atom. The van der Waals surface area contributed by atoms with Crippen molar-refractivity contribution < 1.29 is 9.59 Å². The molecule has 1 rings (SSSR count). The van der Waals surface area contributed by atoms with Gasteiger partial charge in [-0.1, -0.05) is 19.9 Å². The Labute approximate surface area is 76.2 Å². The zero-order chi connectivity index (χ0) is 9.56. The highest BCUT2D eigenvalue weighted by atomic mass is 32.1. The normalized spacial score (nSPS) is 8.25. The van der Waals surface area contributed by atoms with E-state index in [1.54, 1.807) is 17.5 Å². The van der Waals surface area contributed by atoms with Crippen LogP contribution in [0.15, 0.2) is 17.5 Å². The largest absolute Gasteiger partial charge is 0.291 e. The third kappa shape index (κ3) is 2.96. The van der Waals surface area contributed by atoms with Gasteiger partial charge < -0.3 is 0 Å². The molecule has 0 saturated carbocycles. The molecule has 1 aromatic rings. The standard InChI is InChI=1S/C7H6O2S.C2H6/c1-5(8)7(9)6-3-2-4-10-6;1-2/h2-4H,1H3;1-2H3. The van der Waals surface area contributed by atoms with E-state index in [4.69, 9.17) is 0 Å². The van der Waals surface area contributed by atoms with E-state index in [9.17, 15) is 9.59 Å². The molecule has 66 valence electrons. The van der Waals surface area contributed by atoms with Crippen LogP contribution in [0.3, 0.4) is 0 Å². The van der Waals surface area contributed by atoms with Crippen LogP contribution in [0.25, 0.3) is 0 Å². The number of hydrogen-bond acceptors (Lipinski definition) is 3. The molecule has 0 fully saturated rings. The van der Waals surface area contributed by atoms with Crippen LogP contribution < -0.4 is 0 Å². The molecule has 12 heavy (non-hydrogen) atoms. The first-order valence-corrected chi connectivity index (χ1v) is 4.68. The summed E-state index contributed by atoms with van der Waals surface area (Å²) in [5, 5.41) is 1.77. The van der Waals surface area contributed by atoms with E-state index in [0.717, 1.165) is 0 Å². The lowest BCUT2D eigenvalue weighted by atomic mass is 10.2. The van der Waals surface area contributed by atoms with Gasteiger partial charge >= 0.3 is 0 Å². The smallest absolute Gasteiger partial charge is 0.238 e. The molecule has 3 heteroatoms. The molecule has 0 saturated heterocycles. The van der Waals surface area contributed by atoms with Gasteiger partial charge in [0, 0.05) is 6.92 Å². The number of rotatable bonds is 2. The first-order valence-electron chi connectivity index (χ1n) is 3.80. The lowest BCUT2D eigenvalue weighted by Gasteiger charge is -1.86. The Morgan fingerprint density at radius 3 is 2.25 bits per heavy atom. The number of carbonyl (C=O) groups excluding carboxylic acids is 2. The molecule has 0 atom stereocenters. The van der Waals surface area contributed by atoms with Crippen molar-refractivity contribution in [3.8, 4) is 0 Å². The topological polar surface area (TPSA) is 34.1 Å². The number of thiophene rings is 1. The van der Waals surface area contributed by atoms with E-state index in [0.29, 0.717) is 4.88 Å². The predicted molar refractivity (Wildman–Crippen MR) is 50.7 cm³/mol. The van der Waals surface area contributed by atoms with Gasteiger partial charge in [0.1, 0.15) is 0 Å². The summed E-state index contributed by atoms with van der Waals surface area (Å²) < 4.78 is 0. The Kier molecular flexibility index (Phi) is 5.21. The fourth-order valence-electron chi connectivity index (χ4n) is 0.581. The molecule has 0 N–H and O–H groups in total. The summed E-state index contributed by atoms with van der Waals surface area (Å²) in [6, 6.07) is 3.40. The monoisotopic (exact) mass is 184 g/mol. The second kappa shape index (κ2) is 5.66. The van der Waals surface area contributed by atoms with Crippen LogP contribution in [0.4, 0.5) is 0 Å². The zero-order valence-electron chi connectivity index (χ0n) is 7.46. The quantitative estimate of drug-likeness (QED) is 0.523. The van der Waals surface area contributed by atoms with Gasteiger partial charge in [0.25, 0.3) is 0 Å². The Morgan fingerprint density at radius 1 is 1.33 bits per heavy atom. The molecule has 2 nitrogen and oxygen atoms in total. The van der Waals surface area contributed by atoms with Gasteiger partial charge in [-0.2, -0.15) is 0 Å². The molecule has 0 aliphatic carbocycles. The first kappa shape index (κ1) is 11.0. The van der Waals surface area contributed by atoms with Crippen molar-refractivity contribution in [3.05, 3.63) is 22.4 Å². The van der Waals surface area contributed by atoms with Crippen LogP contribution in [-0.4, -0.2) is 11.6 Å². The fraction of sp³-hybridized carbons (Fsp3) is 0.333. The summed E-state index contributed by atoms with van der Waals surface area (Å²) in [5.74, 6) is -0.794. The van der Waals surface area contributed by atoms with E-state index in [1.807, 2.05) is 13.8 Å². The van der Waals surface area contributed by atoms with Gasteiger partial charge in [-0.3, -0.25) is 9.59 Å². The van der Waals surface area contributed by atoms with Crippen LogP contribution in [0.5, 0.6) is 0 Å². The zero-order valence-corrected chi connectivity index (χ0v) is 8.27. The Hall–Kier alpha value is -0.960. The molecule has 0 aromatic carbocycles. The molecule has 0 unspecified atom stereocenters. The fourth-order valence-corrected chi connectivity index (χ4v) is 1.29. The highest BCUT2D eigenvalue weighted by molar-refractivity contribution is 7.13. The van der Waals surface area contributed by atoms with Crippen molar-refractivity contribution in [2.45, 2.75) is 20.8 Å². The average Bonchev–Trinajstić information content (AvgIpc) is 2.58. The SMILES string of the molecule is CC.CC(=O)C(=O)c1cccs1. The minimum Gasteiger partial charge on any atom is -0.291 e. The molecule has 0 bridgehead atoms. The first-order chi connectivity index (χ1) is 5.72. The molecule has 0 radical (unpaired) electrons. The maximum absolute atomic E-state index is 10.9. The minimum atomic E-state index is -0.401. The number of carbonyl (C=O) groups is 2. The van der Waals surface area contributed by atoms with Gasteiger partial charge in [0.2, 0.25) is 11.6 Å². The van der Waals surface area contributed by atoms with Crippen LogP contribution in [0, 0.1) is 0 Å². The van der Waals surface area contributed by atoms with E-state index < -0.39 is 11.6 Å². The minimum absolute atomic E-state index is 0.394. The highest BCUT2D eigenvalue weighted by Gasteiger charge is 2.10. The predicted octanol–water partition coefficient (Wildman–Crippen LogP) is 2.55. The lowest BCUT2D eigenvalue weighted by molar-refractivity contribution is -0.113. The maximum Gasteiger partial charge on any atom is 0.238 e. The van der Waals surface area contributed by atoms with Gasteiger partial charge in [0.05, 0.1) is 4.88 Å². The van der Waals surface area contributed by atoms with Crippen LogP contribution >= 0.6 is 11.3 Å². The summed E-state index contributed by atoms with van der Waals surface area (Å²) in [5.41, 5.74) is 0. The number of Topliss-reactive ketones (excluding diaryl/α,β-unsaturated/α-hetero) is 2. The molecule has 0 spiro atoms. The molecular weight excluding hydrogens is 172 g/mol. The third-order valence-electron chi connectivity index (χ3n) is 1.06. The van der Waals surface area contributed by atoms with Gasteiger partial charge in [-0.25, -0.2) is 0 Å². The number of ketones is 2. The Balaban J connectivity index is 0.000000561. The van der Waals surface area contributed by atoms with Crippen molar-refractivity contribution in [2.24, 2.45) is 0 Å². The molecule has 1 aromatic heterocycles. The molecule has 0 aliphatic rings. The third-order valence-corrected chi connectivity index (χ3v) is 1.93. The van der Waals surface area contributed by atoms with Gasteiger partial charge in [0.15, 0.2) is 0 Å². The maximum atomic E-state index is 10.9. The van der Waals surface area contributed by atoms with Crippen molar-refractivity contribution in [1.82, 2.24) is 0 Å². The molecular formula is C9H12O2S. The second-order valence-electron chi connectivity index (χ2n) is 1.86. The lowest BCUT2D eigenvalue weighted by Crippen LogP contribution is -2.06. The van der Waals surface area contributed by atoms with Gasteiger partial charge in [-0.15, -0.1) is 11.3 Å². The molecule has 0 amide bonds. The van der Waals surface area contributed by atoms with Crippen LogP contribution in [0.2, 0.25) is 0 Å². The molecule has 1 heterocycles. The van der Waals surface area contributed by atoms with E-state index in [-0.39, 0.29) is 0 Å². The van der Waals surface area contributed by atoms with Crippen LogP contribution in [0.1, 0.15) is 30.4 Å². The van der Waals surface area contributed by atoms with E-state index in [1.165, 1.54) is 18.3 Å². The Bertz CT molecular complexity index is 250. The van der Waals surface area contributed by atoms with Crippen molar-refractivity contribution in [3.63, 3.8) is 0 Å². The summed E-state index contributed by atoms with van der Waals surface area (Å²) in [6.45, 7) is 5.28. The van der Waals surface area contributed by atoms with Crippen LogP contribution in [-0.2, 0) is 4.79 Å². The average molecular weight is 184 g/mol. The van der Waals surface area contributed by atoms with Gasteiger partial charge in [-0.05, 0) is 11.4 Å². The second-order valence-corrected chi connectivity index (χ2v) is 2.81. The van der Waals surface area contributed by atoms with E-state index in [2.05, 4.69) is 0 Å². The number of hydrogen-bond donors (Lipinski definition) is 0. The van der Waals surface area contributed by atoms with Crippen molar-refractivity contribution in [1.29, 1.82) is 0 Å². The molecule has 0 aliphatic heterocycles. The van der Waals surface area contributed by atoms with Crippen molar-refractivity contribution >= 4 is 22.9 Å². The summed E-state index contributed by atoms with van der Waals surface area (Å²) in [6.07, 6.45) is 0. The highest BCUT2D eigenvalue weighted by Crippen LogP contribution is 2.08. The summed E-state index contributed by atoms with van der Waals surface area (Å²) in [7, 11) is 0. The summed E-state index contributed by atoms with van der Waals surface area (Å²) >= 11 is 1.29. The van der Waals surface area contributed by atoms with E-state index >= 15 is 0 Å². The summed E-state index contributed by atoms with van der Waals surface area (Å²) in [4.78, 5) is 21.9. The van der Waals surface area contributed by atoms with Crippen molar-refractivity contribution in [2.75, 3.05) is 0 Å².